The molecule has 0 aliphatic carbocycles. The number of halogens is 4. The van der Waals surface area contributed by atoms with E-state index in [1.54, 1.807) is 6.92 Å². The number of rotatable bonds is 5. The maximum atomic E-state index is 14.3. The molecular weight excluding hydrogens is 356 g/mol. The fraction of sp³-hybridized carbons (Fsp3) is 0.250. The van der Waals surface area contributed by atoms with Crippen LogP contribution in [0.2, 0.25) is 0 Å². The predicted octanol–water partition coefficient (Wildman–Crippen LogP) is 4.00. The zero-order valence-corrected chi connectivity index (χ0v) is 13.7. The van der Waals surface area contributed by atoms with Gasteiger partial charge in [-0.05, 0) is 30.7 Å². The minimum Gasteiger partial charge on any atom is -0.450 e. The van der Waals surface area contributed by atoms with Gasteiger partial charge in [0.05, 0.1) is 23.7 Å². The van der Waals surface area contributed by atoms with Crippen LogP contribution in [-0.2, 0) is 17.5 Å². The fourth-order valence-electron chi connectivity index (χ4n) is 2.01. The van der Waals surface area contributed by atoms with E-state index in [0.29, 0.717) is 5.56 Å². The van der Waals surface area contributed by atoms with E-state index in [-0.39, 0.29) is 30.2 Å². The highest BCUT2D eigenvalue weighted by molar-refractivity contribution is 5.90. The molecule has 1 aromatic carbocycles. The largest absolute Gasteiger partial charge is 0.450 e. The van der Waals surface area contributed by atoms with Crippen molar-refractivity contribution in [3.8, 4) is 0 Å². The molecule has 2 rings (SSSR count). The van der Waals surface area contributed by atoms with Crippen molar-refractivity contribution >= 4 is 23.2 Å². The molecule has 6 nitrogen and oxygen atoms in total. The molecule has 0 aliphatic heterocycles. The highest BCUT2D eigenvalue weighted by atomic mass is 19.4. The quantitative estimate of drug-likeness (QED) is 0.545. The van der Waals surface area contributed by atoms with Crippen LogP contribution in [0.15, 0.2) is 30.5 Å². The summed E-state index contributed by atoms with van der Waals surface area (Å²) in [5, 5.41) is 5.02. The van der Waals surface area contributed by atoms with Gasteiger partial charge in [-0.2, -0.15) is 13.2 Å². The maximum Gasteiger partial charge on any atom is 0.433 e. The van der Waals surface area contributed by atoms with Crippen LogP contribution < -0.4 is 16.4 Å². The van der Waals surface area contributed by atoms with Gasteiger partial charge in [-0.15, -0.1) is 0 Å². The average Bonchev–Trinajstić information content (AvgIpc) is 2.58. The molecule has 140 valence electrons. The molecule has 1 heterocycles. The summed E-state index contributed by atoms with van der Waals surface area (Å²) in [4.78, 5) is 14.7. The summed E-state index contributed by atoms with van der Waals surface area (Å²) in [6.45, 7) is 1.80. The molecule has 0 unspecified atom stereocenters. The van der Waals surface area contributed by atoms with Crippen molar-refractivity contribution in [2.24, 2.45) is 0 Å². The number of anilines is 3. The van der Waals surface area contributed by atoms with Gasteiger partial charge in [0.25, 0.3) is 0 Å². The van der Waals surface area contributed by atoms with E-state index in [9.17, 15) is 22.4 Å². The number of hydrogen-bond donors (Lipinski definition) is 3. The van der Waals surface area contributed by atoms with Crippen molar-refractivity contribution in [1.82, 2.24) is 4.98 Å². The Labute approximate surface area is 146 Å². The number of nitrogens with zero attached hydrogens (tertiary/aromatic N) is 1. The Hall–Kier alpha value is -3.04. The third-order valence-corrected chi connectivity index (χ3v) is 3.29. The summed E-state index contributed by atoms with van der Waals surface area (Å²) in [6.07, 6.45) is -4.24. The first-order valence-electron chi connectivity index (χ1n) is 7.50. The second kappa shape index (κ2) is 7.89. The van der Waals surface area contributed by atoms with Crippen molar-refractivity contribution in [1.29, 1.82) is 0 Å². The number of hydrogen-bond acceptors (Lipinski definition) is 5. The van der Waals surface area contributed by atoms with Gasteiger partial charge >= 0.3 is 12.3 Å². The fourth-order valence-corrected chi connectivity index (χ4v) is 2.01. The SMILES string of the molecule is CCOC(=O)Nc1ccc(NCc2ccc(C(F)(F)F)nc2)c(F)c1N. The molecule has 0 spiro atoms. The molecule has 0 saturated heterocycles. The number of nitrogens with one attached hydrogen (secondary N) is 2. The van der Waals surface area contributed by atoms with Gasteiger partial charge in [-0.25, -0.2) is 9.18 Å². The van der Waals surface area contributed by atoms with E-state index >= 15 is 0 Å². The summed E-state index contributed by atoms with van der Waals surface area (Å²) in [5.74, 6) is -0.806. The molecular formula is C16H16F4N4O2. The molecule has 0 radical (unpaired) electrons. The number of carbonyl (C=O) groups excluding carboxylic acids is 1. The Morgan fingerprint density at radius 1 is 1.23 bits per heavy atom. The van der Waals surface area contributed by atoms with Crippen LogP contribution in [0.1, 0.15) is 18.2 Å². The van der Waals surface area contributed by atoms with Gasteiger partial charge in [0.1, 0.15) is 5.69 Å². The van der Waals surface area contributed by atoms with Gasteiger partial charge in [-0.3, -0.25) is 10.3 Å². The molecule has 1 amide bonds. The highest BCUT2D eigenvalue weighted by Gasteiger charge is 2.31. The molecule has 0 bridgehead atoms. The molecule has 4 N–H and O–H groups in total. The van der Waals surface area contributed by atoms with Gasteiger partial charge in [0.2, 0.25) is 0 Å². The smallest absolute Gasteiger partial charge is 0.433 e. The van der Waals surface area contributed by atoms with Crippen molar-refractivity contribution in [3.63, 3.8) is 0 Å². The van der Waals surface area contributed by atoms with Crippen LogP contribution in [-0.4, -0.2) is 17.7 Å². The number of carbonyl (C=O) groups is 1. The topological polar surface area (TPSA) is 89.3 Å². The number of nitrogen functional groups attached to an aromatic ring is 1. The normalized spacial score (nSPS) is 11.1. The van der Waals surface area contributed by atoms with E-state index < -0.39 is 23.8 Å². The van der Waals surface area contributed by atoms with E-state index in [1.165, 1.54) is 18.2 Å². The molecule has 0 saturated carbocycles. The van der Waals surface area contributed by atoms with Gasteiger partial charge in [0.15, 0.2) is 5.82 Å². The highest BCUT2D eigenvalue weighted by Crippen LogP contribution is 2.29. The number of nitrogens with two attached hydrogens (primary N) is 1. The Morgan fingerprint density at radius 3 is 2.50 bits per heavy atom. The maximum absolute atomic E-state index is 14.3. The first kappa shape index (κ1) is 19.3. The summed E-state index contributed by atoms with van der Waals surface area (Å²) in [6, 6.07) is 4.79. The first-order chi connectivity index (χ1) is 12.2. The van der Waals surface area contributed by atoms with E-state index in [2.05, 4.69) is 20.4 Å². The second-order valence-electron chi connectivity index (χ2n) is 5.14. The molecule has 10 heteroatoms. The lowest BCUT2D eigenvalue weighted by Gasteiger charge is -2.13. The summed E-state index contributed by atoms with van der Waals surface area (Å²) in [7, 11) is 0. The van der Waals surface area contributed by atoms with Crippen LogP contribution >= 0.6 is 0 Å². The molecule has 0 aliphatic rings. The van der Waals surface area contributed by atoms with Crippen LogP contribution in [0.5, 0.6) is 0 Å². The molecule has 2 aromatic rings. The number of alkyl halides is 3. The van der Waals surface area contributed by atoms with E-state index in [0.717, 1.165) is 12.3 Å². The minimum atomic E-state index is -4.52. The zero-order chi connectivity index (χ0) is 19.3. The predicted molar refractivity (Wildman–Crippen MR) is 88.0 cm³/mol. The van der Waals surface area contributed by atoms with Crippen molar-refractivity contribution in [2.45, 2.75) is 19.6 Å². The Kier molecular flexibility index (Phi) is 5.86. The number of amides is 1. The summed E-state index contributed by atoms with van der Waals surface area (Å²) < 4.78 is 56.3. The first-order valence-corrected chi connectivity index (χ1v) is 7.50. The lowest BCUT2D eigenvalue weighted by molar-refractivity contribution is -0.141. The van der Waals surface area contributed by atoms with E-state index in [1.807, 2.05) is 0 Å². The lowest BCUT2D eigenvalue weighted by Crippen LogP contribution is -2.15. The summed E-state index contributed by atoms with van der Waals surface area (Å²) in [5.41, 5.74) is 4.83. The third kappa shape index (κ3) is 4.74. The number of aromatic nitrogens is 1. The van der Waals surface area contributed by atoms with Gasteiger partial charge < -0.3 is 15.8 Å². The number of ether oxygens (including phenoxy) is 1. The van der Waals surface area contributed by atoms with Crippen LogP contribution in [0, 0.1) is 5.82 Å². The Bertz CT molecular complexity index is 779. The summed E-state index contributed by atoms with van der Waals surface area (Å²) >= 11 is 0. The van der Waals surface area contributed by atoms with E-state index in [4.69, 9.17) is 5.73 Å². The molecule has 26 heavy (non-hydrogen) atoms. The lowest BCUT2D eigenvalue weighted by atomic mass is 10.2. The van der Waals surface area contributed by atoms with Crippen LogP contribution in [0.25, 0.3) is 0 Å². The average molecular weight is 372 g/mol. The Balaban J connectivity index is 2.06. The van der Waals surface area contributed by atoms with Crippen molar-refractivity contribution in [2.75, 3.05) is 23.0 Å². The number of benzene rings is 1. The van der Waals surface area contributed by atoms with Crippen LogP contribution in [0.3, 0.4) is 0 Å². The second-order valence-corrected chi connectivity index (χ2v) is 5.14. The minimum absolute atomic E-state index is 0.0248. The van der Waals surface area contributed by atoms with Crippen molar-refractivity contribution < 1.29 is 27.1 Å². The molecule has 0 fully saturated rings. The molecule has 0 atom stereocenters. The zero-order valence-electron chi connectivity index (χ0n) is 13.7. The van der Waals surface area contributed by atoms with Crippen molar-refractivity contribution in [3.05, 3.63) is 47.5 Å². The monoisotopic (exact) mass is 372 g/mol. The number of pyridine rings is 1. The third-order valence-electron chi connectivity index (χ3n) is 3.29. The standard InChI is InChI=1S/C16H16F4N4O2/c1-2-26-15(25)24-11-5-4-10(13(17)14(11)21)22-7-9-3-6-12(23-8-9)16(18,19)20/h3-6,8,22H,2,7,21H2,1H3,(H,24,25). The molecule has 1 aromatic heterocycles. The van der Waals surface area contributed by atoms with Gasteiger partial charge in [0, 0.05) is 12.7 Å². The van der Waals surface area contributed by atoms with Crippen LogP contribution in [0.4, 0.5) is 39.4 Å². The van der Waals surface area contributed by atoms with Gasteiger partial charge in [-0.1, -0.05) is 6.07 Å². The Morgan fingerprint density at radius 2 is 1.92 bits per heavy atom.